The van der Waals surface area contributed by atoms with Crippen molar-refractivity contribution >= 4 is 23.7 Å². The Morgan fingerprint density at radius 2 is 2.00 bits per heavy atom. The highest BCUT2D eigenvalue weighted by atomic mass is 16.4. The van der Waals surface area contributed by atoms with Crippen molar-refractivity contribution in [2.24, 2.45) is 0 Å². The molecule has 0 bridgehead atoms. The molecule has 1 aromatic rings. The summed E-state index contributed by atoms with van der Waals surface area (Å²) < 4.78 is 0. The minimum Gasteiger partial charge on any atom is -0.480 e. The molecule has 0 spiro atoms. The number of carbonyl (C=O) groups excluding carboxylic acids is 3. The van der Waals surface area contributed by atoms with E-state index in [9.17, 15) is 29.4 Å². The summed E-state index contributed by atoms with van der Waals surface area (Å²) >= 11 is 0. The average molecular weight is 450 g/mol. The first kappa shape index (κ1) is 23.7. The van der Waals surface area contributed by atoms with Gasteiger partial charge in [0.2, 0.25) is 17.7 Å². The van der Waals surface area contributed by atoms with Crippen LogP contribution in [0.5, 0.6) is 0 Å². The highest BCUT2D eigenvalue weighted by molar-refractivity contribution is 5.94. The van der Waals surface area contributed by atoms with E-state index in [1.807, 2.05) is 0 Å². The first-order valence-electron chi connectivity index (χ1n) is 10.8. The molecule has 6 N–H and O–H groups in total. The zero-order valence-corrected chi connectivity index (χ0v) is 17.9. The quantitative estimate of drug-likeness (QED) is 0.253. The molecule has 3 heterocycles. The maximum Gasteiger partial charge on any atom is 0.326 e. The lowest BCUT2D eigenvalue weighted by molar-refractivity contribution is -0.146. The Morgan fingerprint density at radius 3 is 2.59 bits per heavy atom. The van der Waals surface area contributed by atoms with Gasteiger partial charge in [0.05, 0.1) is 18.5 Å². The van der Waals surface area contributed by atoms with Crippen molar-refractivity contribution in [2.45, 2.75) is 69.3 Å². The summed E-state index contributed by atoms with van der Waals surface area (Å²) in [6, 6.07) is -3.69. The summed E-state index contributed by atoms with van der Waals surface area (Å²) in [6.45, 7) is 2.39. The van der Waals surface area contributed by atoms with Crippen LogP contribution in [0.2, 0.25) is 0 Å². The van der Waals surface area contributed by atoms with E-state index in [0.717, 1.165) is 6.42 Å². The Morgan fingerprint density at radius 1 is 1.22 bits per heavy atom. The molecule has 12 nitrogen and oxygen atoms in total. The van der Waals surface area contributed by atoms with Gasteiger partial charge in [-0.05, 0) is 39.2 Å². The highest BCUT2D eigenvalue weighted by Crippen LogP contribution is 2.20. The van der Waals surface area contributed by atoms with Gasteiger partial charge >= 0.3 is 5.97 Å². The van der Waals surface area contributed by atoms with Gasteiger partial charge < -0.3 is 36.0 Å². The van der Waals surface area contributed by atoms with Crippen LogP contribution in [0.15, 0.2) is 12.5 Å². The minimum atomic E-state index is -1.21. The summed E-state index contributed by atoms with van der Waals surface area (Å²) in [5, 5.41) is 27.8. The lowest BCUT2D eigenvalue weighted by Gasteiger charge is -2.31. The van der Waals surface area contributed by atoms with E-state index in [2.05, 4.69) is 25.9 Å². The summed E-state index contributed by atoms with van der Waals surface area (Å²) in [5.41, 5.74) is 0.550. The maximum atomic E-state index is 13.1. The minimum absolute atomic E-state index is 0.0164. The number of nitrogens with zero attached hydrogens (tertiary/aromatic N) is 2. The number of aliphatic hydroxyl groups is 1. The number of carboxylic acids is 1. The van der Waals surface area contributed by atoms with Crippen molar-refractivity contribution in [3.8, 4) is 0 Å². The molecule has 0 radical (unpaired) electrons. The molecular formula is C20H30N6O6. The zero-order valence-electron chi connectivity index (χ0n) is 17.9. The number of aromatic amines is 1. The third kappa shape index (κ3) is 5.62. The normalized spacial score (nSPS) is 23.4. The van der Waals surface area contributed by atoms with Gasteiger partial charge in [-0.2, -0.15) is 0 Å². The van der Waals surface area contributed by atoms with E-state index in [-0.39, 0.29) is 18.9 Å². The number of H-pyrrole nitrogens is 1. The standard InChI is InChI=1S/C20H30N6O6/c1-11(27)16(25-17(28)13-4-2-6-22-13)19(30)26-7-3-5-15(26)18(29)24-14(20(31)32)8-12-9-21-10-23-12/h9-11,13-16,22,27H,2-8H2,1H3,(H,21,23)(H,24,29)(H,25,28)(H,31,32). The lowest BCUT2D eigenvalue weighted by atomic mass is 10.1. The number of carbonyl (C=O) groups is 4. The molecule has 32 heavy (non-hydrogen) atoms. The van der Waals surface area contributed by atoms with Gasteiger partial charge in [-0.3, -0.25) is 14.4 Å². The number of rotatable bonds is 9. The molecule has 5 atom stereocenters. The first-order valence-corrected chi connectivity index (χ1v) is 10.8. The predicted octanol–water partition coefficient (Wildman–Crippen LogP) is -1.87. The summed E-state index contributed by atoms with van der Waals surface area (Å²) in [5.74, 6) is -2.73. The van der Waals surface area contributed by atoms with Crippen LogP contribution in [-0.2, 0) is 25.6 Å². The smallest absolute Gasteiger partial charge is 0.326 e. The molecule has 5 unspecified atom stereocenters. The fraction of sp³-hybridized carbons (Fsp3) is 0.650. The van der Waals surface area contributed by atoms with Crippen LogP contribution in [-0.4, -0.2) is 92.1 Å². The monoisotopic (exact) mass is 450 g/mol. The molecule has 2 fully saturated rings. The van der Waals surface area contributed by atoms with E-state index < -0.39 is 48.1 Å². The van der Waals surface area contributed by atoms with E-state index in [1.165, 1.54) is 24.3 Å². The molecular weight excluding hydrogens is 420 g/mol. The Kier molecular flexibility index (Phi) is 7.80. The van der Waals surface area contributed by atoms with Crippen LogP contribution in [0.3, 0.4) is 0 Å². The van der Waals surface area contributed by atoms with Gasteiger partial charge in [0.25, 0.3) is 0 Å². The average Bonchev–Trinajstić information content (AvgIpc) is 3.52. The highest BCUT2D eigenvalue weighted by Gasteiger charge is 2.40. The molecule has 0 aliphatic carbocycles. The Labute approximate surface area is 185 Å². The van der Waals surface area contributed by atoms with Crippen molar-refractivity contribution in [3.05, 3.63) is 18.2 Å². The number of hydrogen-bond donors (Lipinski definition) is 6. The largest absolute Gasteiger partial charge is 0.480 e. The number of imidazole rings is 1. The predicted molar refractivity (Wildman–Crippen MR) is 111 cm³/mol. The number of aliphatic carboxylic acids is 1. The van der Waals surface area contributed by atoms with Crippen molar-refractivity contribution in [3.63, 3.8) is 0 Å². The number of aliphatic hydroxyl groups excluding tert-OH is 1. The van der Waals surface area contributed by atoms with Gasteiger partial charge in [0.15, 0.2) is 0 Å². The SMILES string of the molecule is CC(O)C(NC(=O)C1CCCN1)C(=O)N1CCCC1C(=O)NC(Cc1cnc[nH]1)C(=O)O. The fourth-order valence-corrected chi connectivity index (χ4v) is 4.12. The number of carboxylic acid groups (broad SMARTS) is 1. The van der Waals surface area contributed by atoms with E-state index in [1.54, 1.807) is 0 Å². The molecule has 3 rings (SSSR count). The van der Waals surface area contributed by atoms with Crippen LogP contribution < -0.4 is 16.0 Å². The Balaban J connectivity index is 1.66. The molecule has 2 saturated heterocycles. The Hall–Kier alpha value is -2.99. The topological polar surface area (TPSA) is 177 Å². The molecule has 0 aromatic carbocycles. The van der Waals surface area contributed by atoms with E-state index in [4.69, 9.17) is 0 Å². The van der Waals surface area contributed by atoms with Gasteiger partial charge in [0.1, 0.15) is 18.1 Å². The van der Waals surface area contributed by atoms with E-state index in [0.29, 0.717) is 31.5 Å². The van der Waals surface area contributed by atoms with Crippen LogP contribution in [0.1, 0.15) is 38.3 Å². The second-order valence-corrected chi connectivity index (χ2v) is 8.25. The first-order chi connectivity index (χ1) is 15.3. The molecule has 0 saturated carbocycles. The molecule has 176 valence electrons. The number of aromatic nitrogens is 2. The number of hydrogen-bond acceptors (Lipinski definition) is 7. The van der Waals surface area contributed by atoms with Gasteiger partial charge in [-0.15, -0.1) is 0 Å². The third-order valence-corrected chi connectivity index (χ3v) is 5.86. The summed E-state index contributed by atoms with van der Waals surface area (Å²) in [6.07, 6.45) is 4.15. The van der Waals surface area contributed by atoms with Crippen molar-refractivity contribution < 1.29 is 29.4 Å². The van der Waals surface area contributed by atoms with Crippen LogP contribution in [0.4, 0.5) is 0 Å². The van der Waals surface area contributed by atoms with E-state index >= 15 is 0 Å². The van der Waals surface area contributed by atoms with Crippen molar-refractivity contribution in [2.75, 3.05) is 13.1 Å². The van der Waals surface area contributed by atoms with Crippen LogP contribution in [0.25, 0.3) is 0 Å². The molecule has 3 amide bonds. The summed E-state index contributed by atoms with van der Waals surface area (Å²) in [4.78, 5) is 58.0. The second kappa shape index (κ2) is 10.6. The fourth-order valence-electron chi connectivity index (χ4n) is 4.12. The maximum absolute atomic E-state index is 13.1. The van der Waals surface area contributed by atoms with Crippen molar-refractivity contribution in [1.29, 1.82) is 0 Å². The number of likely N-dealkylation sites (tertiary alicyclic amines) is 1. The molecule has 1 aromatic heterocycles. The van der Waals surface area contributed by atoms with Gasteiger partial charge in [-0.1, -0.05) is 0 Å². The van der Waals surface area contributed by atoms with Crippen molar-refractivity contribution in [1.82, 2.24) is 30.8 Å². The second-order valence-electron chi connectivity index (χ2n) is 8.25. The Bertz CT molecular complexity index is 823. The summed E-state index contributed by atoms with van der Waals surface area (Å²) in [7, 11) is 0. The van der Waals surface area contributed by atoms with Gasteiger partial charge in [-0.25, -0.2) is 9.78 Å². The molecule has 2 aliphatic rings. The number of amides is 3. The number of nitrogens with one attached hydrogen (secondary N) is 4. The van der Waals surface area contributed by atoms with Gasteiger partial charge in [0, 0.05) is 24.9 Å². The molecule has 2 aliphatic heterocycles. The van der Waals surface area contributed by atoms with Crippen LogP contribution in [0, 0.1) is 0 Å². The molecule has 12 heteroatoms. The lowest BCUT2D eigenvalue weighted by Crippen LogP contribution is -2.59. The zero-order chi connectivity index (χ0) is 23.3. The third-order valence-electron chi connectivity index (χ3n) is 5.86. The van der Waals surface area contributed by atoms with Crippen LogP contribution >= 0.6 is 0 Å².